The first-order valence-corrected chi connectivity index (χ1v) is 19.0. The lowest BCUT2D eigenvalue weighted by Crippen LogP contribution is -2.55. The van der Waals surface area contributed by atoms with Crippen LogP contribution in [0.15, 0.2) is 84.9 Å². The van der Waals surface area contributed by atoms with Crippen LogP contribution in [-0.2, 0) is 62.6 Å². The van der Waals surface area contributed by atoms with Crippen LogP contribution in [0, 0.1) is 0 Å². The van der Waals surface area contributed by atoms with Crippen LogP contribution in [0.2, 0.25) is 0 Å². The zero-order chi connectivity index (χ0) is 43.6. The number of ether oxygens (including phenoxy) is 5. The van der Waals surface area contributed by atoms with Gasteiger partial charge in [0.05, 0.1) is 6.54 Å². The average Bonchev–Trinajstić information content (AvgIpc) is 3.16. The summed E-state index contributed by atoms with van der Waals surface area (Å²) in [5, 5.41) is 9.99. The lowest BCUT2D eigenvalue weighted by Gasteiger charge is -2.24. The molecule has 0 aliphatic heterocycles. The summed E-state index contributed by atoms with van der Waals surface area (Å²) >= 11 is 0. The Bertz CT molecular complexity index is 1870. The van der Waals surface area contributed by atoms with Gasteiger partial charge in [-0.15, -0.1) is 0 Å². The summed E-state index contributed by atoms with van der Waals surface area (Å²) < 4.78 is 26.4. The average molecular weight is 819 g/mol. The molecule has 16 heteroatoms. The van der Waals surface area contributed by atoms with Crippen LogP contribution >= 0.6 is 0 Å². The van der Waals surface area contributed by atoms with Crippen molar-refractivity contribution in [2.75, 3.05) is 6.54 Å². The monoisotopic (exact) mass is 818 g/mol. The van der Waals surface area contributed by atoms with E-state index in [1.165, 1.54) is 19.1 Å². The Labute approximate surface area is 344 Å². The SMILES string of the molecule is C[C@H](NC(=O)[C@H](Cc1ccc(OC(=O)OC(C)(C)C)cc1)NC(=O)OC(C)(C)C)C(=O)NCC(=O)N[C@H](CCC(=O)OCc1ccccc1)C(=O)OCc1ccccc1. The molecule has 0 saturated heterocycles. The summed E-state index contributed by atoms with van der Waals surface area (Å²) in [5.74, 6) is -3.45. The lowest BCUT2D eigenvalue weighted by atomic mass is 10.0. The molecule has 59 heavy (non-hydrogen) atoms. The highest BCUT2D eigenvalue weighted by Crippen LogP contribution is 2.17. The Balaban J connectivity index is 1.60. The molecular weight excluding hydrogens is 764 g/mol. The van der Waals surface area contributed by atoms with Crippen LogP contribution in [-0.4, -0.2) is 77.8 Å². The first kappa shape index (κ1) is 46.9. The summed E-state index contributed by atoms with van der Waals surface area (Å²) in [6, 6.07) is 20.4. The maximum absolute atomic E-state index is 13.5. The molecule has 3 aromatic rings. The minimum atomic E-state index is -1.25. The van der Waals surface area contributed by atoms with Crippen molar-refractivity contribution in [3.8, 4) is 5.75 Å². The third kappa shape index (κ3) is 19.0. The highest BCUT2D eigenvalue weighted by Gasteiger charge is 2.29. The van der Waals surface area contributed by atoms with Crippen LogP contribution in [0.1, 0.15) is 78.0 Å². The summed E-state index contributed by atoms with van der Waals surface area (Å²) in [7, 11) is 0. The number of hydrogen-bond acceptors (Lipinski definition) is 12. The van der Waals surface area contributed by atoms with Gasteiger partial charge in [-0.2, -0.15) is 0 Å². The van der Waals surface area contributed by atoms with E-state index in [0.29, 0.717) is 11.1 Å². The molecule has 4 amide bonds. The first-order chi connectivity index (χ1) is 27.8. The van der Waals surface area contributed by atoms with Crippen molar-refractivity contribution in [1.29, 1.82) is 0 Å². The second-order valence-electron chi connectivity index (χ2n) is 15.5. The molecule has 0 unspecified atom stereocenters. The third-order valence-corrected chi connectivity index (χ3v) is 7.86. The lowest BCUT2D eigenvalue weighted by molar-refractivity contribution is -0.150. The third-order valence-electron chi connectivity index (χ3n) is 7.86. The molecule has 4 N–H and O–H groups in total. The summed E-state index contributed by atoms with van der Waals surface area (Å²) in [4.78, 5) is 89.9. The van der Waals surface area contributed by atoms with E-state index in [1.807, 2.05) is 24.3 Å². The van der Waals surface area contributed by atoms with E-state index in [-0.39, 0.29) is 38.2 Å². The van der Waals surface area contributed by atoms with E-state index in [1.54, 1.807) is 90.1 Å². The second kappa shape index (κ2) is 22.5. The minimum absolute atomic E-state index is 0.0353. The largest absolute Gasteiger partial charge is 0.514 e. The van der Waals surface area contributed by atoms with Crippen molar-refractivity contribution in [2.24, 2.45) is 0 Å². The van der Waals surface area contributed by atoms with Gasteiger partial charge in [-0.25, -0.2) is 14.4 Å². The summed E-state index contributed by atoms with van der Waals surface area (Å²) in [5.41, 5.74) is 0.427. The number of benzene rings is 3. The Morgan fingerprint density at radius 1 is 0.610 bits per heavy atom. The predicted octanol–water partition coefficient (Wildman–Crippen LogP) is 4.81. The first-order valence-electron chi connectivity index (χ1n) is 19.0. The van der Waals surface area contributed by atoms with Crippen LogP contribution in [0.25, 0.3) is 0 Å². The Hall–Kier alpha value is -6.45. The van der Waals surface area contributed by atoms with Crippen molar-refractivity contribution in [3.05, 3.63) is 102 Å². The van der Waals surface area contributed by atoms with E-state index >= 15 is 0 Å². The van der Waals surface area contributed by atoms with E-state index in [2.05, 4.69) is 21.3 Å². The molecule has 0 aromatic heterocycles. The van der Waals surface area contributed by atoms with E-state index in [9.17, 15) is 33.6 Å². The highest BCUT2D eigenvalue weighted by molar-refractivity contribution is 5.93. The number of amides is 4. The van der Waals surface area contributed by atoms with Gasteiger partial charge in [0.25, 0.3) is 0 Å². The molecule has 3 atom stereocenters. The molecule has 16 nitrogen and oxygen atoms in total. The molecule has 318 valence electrons. The minimum Gasteiger partial charge on any atom is -0.461 e. The quantitative estimate of drug-likeness (QED) is 0.0774. The number of alkyl carbamates (subject to hydrolysis) is 1. The van der Waals surface area contributed by atoms with Gasteiger partial charge in [0, 0.05) is 12.8 Å². The molecule has 0 heterocycles. The molecule has 3 rings (SSSR count). The van der Waals surface area contributed by atoms with Gasteiger partial charge in [0.15, 0.2) is 0 Å². The molecule has 0 radical (unpaired) electrons. The van der Waals surface area contributed by atoms with Gasteiger partial charge >= 0.3 is 24.2 Å². The standard InChI is InChI=1S/C43H54N4O12/c1-28(45-38(51)34(47-40(53)58-42(2,3)4)24-29-18-20-32(21-19-29)57-41(54)59-43(5,6)7)37(50)44-25-35(48)46-33(39(52)56-27-31-16-12-9-13-17-31)22-23-36(49)55-26-30-14-10-8-11-15-30/h8-21,28,33-34H,22-27H2,1-7H3,(H,44,50)(H,45,51)(H,46,48)(H,47,53)/t28-,33+,34-/m0/s1. The van der Waals surface area contributed by atoms with Crippen molar-refractivity contribution >= 4 is 41.9 Å². The van der Waals surface area contributed by atoms with Crippen LogP contribution in [0.5, 0.6) is 5.75 Å². The molecule has 0 fully saturated rings. The highest BCUT2D eigenvalue weighted by atomic mass is 16.7. The zero-order valence-electron chi connectivity index (χ0n) is 34.5. The molecular formula is C43H54N4O12. The van der Waals surface area contributed by atoms with Crippen LogP contribution < -0.4 is 26.0 Å². The molecule has 3 aromatic carbocycles. The van der Waals surface area contributed by atoms with Crippen molar-refractivity contribution in [3.63, 3.8) is 0 Å². The number of nitrogens with one attached hydrogen (secondary N) is 4. The molecule has 0 bridgehead atoms. The fraction of sp³-hybridized carbons (Fsp3) is 0.419. The van der Waals surface area contributed by atoms with Crippen LogP contribution in [0.3, 0.4) is 0 Å². The van der Waals surface area contributed by atoms with E-state index in [4.69, 9.17) is 23.7 Å². The number of rotatable bonds is 18. The predicted molar refractivity (Wildman–Crippen MR) is 214 cm³/mol. The van der Waals surface area contributed by atoms with Gasteiger partial charge in [-0.3, -0.25) is 19.2 Å². The Morgan fingerprint density at radius 3 is 1.73 bits per heavy atom. The fourth-order valence-electron chi connectivity index (χ4n) is 5.05. The summed E-state index contributed by atoms with van der Waals surface area (Å²) in [6.45, 7) is 10.8. The zero-order valence-corrected chi connectivity index (χ0v) is 34.5. The second-order valence-corrected chi connectivity index (χ2v) is 15.5. The normalized spacial score (nSPS) is 12.7. The summed E-state index contributed by atoms with van der Waals surface area (Å²) in [6.07, 6.45) is -2.17. The Morgan fingerprint density at radius 2 is 1.17 bits per heavy atom. The molecule has 0 aliphatic carbocycles. The molecule has 0 spiro atoms. The smallest absolute Gasteiger partial charge is 0.461 e. The maximum atomic E-state index is 13.5. The van der Waals surface area contributed by atoms with Gasteiger partial charge in [0.2, 0.25) is 17.7 Å². The number of carbonyl (C=O) groups is 7. The number of carbonyl (C=O) groups excluding carboxylic acids is 7. The van der Waals surface area contributed by atoms with E-state index in [0.717, 1.165) is 5.56 Å². The van der Waals surface area contributed by atoms with Gasteiger partial charge in [-0.1, -0.05) is 72.8 Å². The van der Waals surface area contributed by atoms with Crippen molar-refractivity contribution in [2.45, 2.75) is 110 Å². The van der Waals surface area contributed by atoms with Gasteiger partial charge in [0.1, 0.15) is 48.3 Å². The van der Waals surface area contributed by atoms with Crippen molar-refractivity contribution in [1.82, 2.24) is 21.3 Å². The number of esters is 2. The van der Waals surface area contributed by atoms with Crippen molar-refractivity contribution < 1.29 is 57.2 Å². The van der Waals surface area contributed by atoms with Gasteiger partial charge < -0.3 is 45.0 Å². The molecule has 0 aliphatic rings. The topological polar surface area (TPSA) is 214 Å². The van der Waals surface area contributed by atoms with Gasteiger partial charge in [-0.05, 0) is 83.7 Å². The van der Waals surface area contributed by atoms with Crippen LogP contribution in [0.4, 0.5) is 9.59 Å². The number of hydrogen-bond donors (Lipinski definition) is 4. The Kier molecular flexibility index (Phi) is 17.9. The maximum Gasteiger partial charge on any atom is 0.514 e. The molecule has 0 saturated carbocycles. The van der Waals surface area contributed by atoms with E-state index < -0.39 is 77.8 Å². The fourth-order valence-corrected chi connectivity index (χ4v) is 5.05.